The number of amides is 2. The molecule has 0 fully saturated rings. The minimum atomic E-state index is -1.08. The van der Waals surface area contributed by atoms with Gasteiger partial charge in [0, 0.05) is 18.0 Å². The molecule has 0 radical (unpaired) electrons. The normalized spacial score (nSPS) is 12.0. The van der Waals surface area contributed by atoms with Crippen LogP contribution in [0, 0.1) is 5.41 Å². The maximum Gasteiger partial charge on any atom is 0.328 e. The summed E-state index contributed by atoms with van der Waals surface area (Å²) in [6.07, 6.45) is 0.673. The summed E-state index contributed by atoms with van der Waals surface area (Å²) in [7, 11) is 1.25. The number of esters is 1. The third-order valence-corrected chi connectivity index (χ3v) is 7.26. The summed E-state index contributed by atoms with van der Waals surface area (Å²) >= 11 is 0. The van der Waals surface area contributed by atoms with E-state index >= 15 is 0 Å². The number of benzene rings is 4. The first-order chi connectivity index (χ1) is 21.4. The van der Waals surface area contributed by atoms with Crippen LogP contribution < -0.4 is 21.7 Å². The molecule has 0 saturated carbocycles. The first-order valence-electron chi connectivity index (χ1n) is 14.4. The SMILES string of the molecule is COC(=O)C(CCCNC(=N)N)NC(=O)C(NC(=O)c1ccc(-c2ccccc2)cc1)C(c1ccccc1)c1ccccc1. The van der Waals surface area contributed by atoms with Crippen LogP contribution in [0.3, 0.4) is 0 Å². The highest BCUT2D eigenvalue weighted by molar-refractivity contribution is 5.99. The van der Waals surface area contributed by atoms with Gasteiger partial charge in [-0.2, -0.15) is 0 Å². The molecule has 0 aliphatic heterocycles. The van der Waals surface area contributed by atoms with Gasteiger partial charge in [0.2, 0.25) is 5.91 Å². The lowest BCUT2D eigenvalue weighted by molar-refractivity contribution is -0.145. The van der Waals surface area contributed by atoms with Crippen molar-refractivity contribution in [2.24, 2.45) is 5.73 Å². The van der Waals surface area contributed by atoms with Crippen LogP contribution in [0.2, 0.25) is 0 Å². The fourth-order valence-electron chi connectivity index (χ4n) is 5.05. The van der Waals surface area contributed by atoms with Crippen molar-refractivity contribution in [2.45, 2.75) is 30.8 Å². The Labute approximate surface area is 257 Å². The topological polar surface area (TPSA) is 146 Å². The lowest BCUT2D eigenvalue weighted by Crippen LogP contribution is -2.54. The van der Waals surface area contributed by atoms with Gasteiger partial charge in [0.05, 0.1) is 7.11 Å². The second kappa shape index (κ2) is 15.7. The van der Waals surface area contributed by atoms with E-state index in [1.165, 1.54) is 7.11 Å². The van der Waals surface area contributed by atoms with Gasteiger partial charge in [-0.05, 0) is 47.2 Å². The Morgan fingerprint density at radius 2 is 1.27 bits per heavy atom. The van der Waals surface area contributed by atoms with Gasteiger partial charge in [-0.25, -0.2) is 4.79 Å². The zero-order chi connectivity index (χ0) is 31.3. The number of guanidine groups is 1. The van der Waals surface area contributed by atoms with E-state index in [1.807, 2.05) is 103 Å². The molecule has 0 spiro atoms. The van der Waals surface area contributed by atoms with E-state index in [2.05, 4.69) is 16.0 Å². The number of carbonyl (C=O) groups excluding carboxylic acids is 3. The van der Waals surface area contributed by atoms with Crippen LogP contribution in [-0.4, -0.2) is 49.5 Å². The van der Waals surface area contributed by atoms with Crippen LogP contribution in [0.25, 0.3) is 11.1 Å². The highest BCUT2D eigenvalue weighted by atomic mass is 16.5. The third kappa shape index (κ3) is 8.54. The fourth-order valence-corrected chi connectivity index (χ4v) is 5.05. The number of rotatable bonds is 13. The molecule has 4 aromatic rings. The van der Waals surface area contributed by atoms with E-state index < -0.39 is 35.8 Å². The van der Waals surface area contributed by atoms with E-state index in [0.717, 1.165) is 22.3 Å². The molecule has 2 atom stereocenters. The lowest BCUT2D eigenvalue weighted by Gasteiger charge is -2.30. The largest absolute Gasteiger partial charge is 0.467 e. The summed E-state index contributed by atoms with van der Waals surface area (Å²) in [4.78, 5) is 40.5. The predicted molar refractivity (Wildman–Crippen MR) is 171 cm³/mol. The number of hydrogen-bond donors (Lipinski definition) is 5. The Hall–Kier alpha value is -5.44. The van der Waals surface area contributed by atoms with Gasteiger partial charge in [0.1, 0.15) is 12.1 Å². The van der Waals surface area contributed by atoms with Crippen molar-refractivity contribution in [1.29, 1.82) is 5.41 Å². The quantitative estimate of drug-likeness (QED) is 0.0682. The summed E-state index contributed by atoms with van der Waals surface area (Å²) in [5.74, 6) is -2.33. The van der Waals surface area contributed by atoms with Crippen molar-refractivity contribution in [3.8, 4) is 11.1 Å². The first kappa shape index (κ1) is 31.5. The van der Waals surface area contributed by atoms with Crippen molar-refractivity contribution in [3.63, 3.8) is 0 Å². The van der Waals surface area contributed by atoms with Crippen LogP contribution in [0.1, 0.15) is 40.2 Å². The van der Waals surface area contributed by atoms with Crippen molar-refractivity contribution < 1.29 is 19.1 Å². The molecule has 226 valence electrons. The zero-order valence-electron chi connectivity index (χ0n) is 24.5. The minimum absolute atomic E-state index is 0.184. The second-order valence-electron chi connectivity index (χ2n) is 10.3. The molecule has 0 aromatic heterocycles. The van der Waals surface area contributed by atoms with E-state index in [-0.39, 0.29) is 12.4 Å². The first-order valence-corrected chi connectivity index (χ1v) is 14.4. The molecule has 44 heavy (non-hydrogen) atoms. The van der Waals surface area contributed by atoms with Crippen LogP contribution in [0.4, 0.5) is 0 Å². The minimum Gasteiger partial charge on any atom is -0.467 e. The van der Waals surface area contributed by atoms with E-state index in [0.29, 0.717) is 18.5 Å². The molecule has 4 rings (SSSR count). The average Bonchev–Trinajstić information content (AvgIpc) is 3.06. The molecule has 2 unspecified atom stereocenters. The highest BCUT2D eigenvalue weighted by Gasteiger charge is 2.35. The Kier molecular flexibility index (Phi) is 11.2. The van der Waals surface area contributed by atoms with Gasteiger partial charge < -0.3 is 26.4 Å². The van der Waals surface area contributed by atoms with Gasteiger partial charge in [-0.1, -0.05) is 103 Å². The molecule has 6 N–H and O–H groups in total. The van der Waals surface area contributed by atoms with Gasteiger partial charge in [-0.3, -0.25) is 15.0 Å². The summed E-state index contributed by atoms with van der Waals surface area (Å²) < 4.78 is 4.97. The molecule has 0 aliphatic carbocycles. The van der Waals surface area contributed by atoms with Crippen LogP contribution in [0.5, 0.6) is 0 Å². The Balaban J connectivity index is 1.66. The van der Waals surface area contributed by atoms with Gasteiger partial charge in [-0.15, -0.1) is 0 Å². The van der Waals surface area contributed by atoms with E-state index in [1.54, 1.807) is 12.1 Å². The molecule has 0 aliphatic rings. The standard InChI is InChI=1S/C35H37N5O4/c1-44-34(43)29(18-11-23-38-35(36)37)39-33(42)31(30(26-14-7-3-8-15-26)27-16-9-4-10-17-27)40-32(41)28-21-19-25(20-22-28)24-12-5-2-6-13-24/h2-10,12-17,19-22,29-31H,11,18,23H2,1H3,(H,39,42)(H,40,41)(H4,36,37,38). The summed E-state index contributed by atoms with van der Waals surface area (Å²) in [5.41, 5.74) is 9.38. The number of methoxy groups -OCH3 is 1. The molecule has 0 saturated heterocycles. The van der Waals surface area contributed by atoms with Crippen LogP contribution in [0.15, 0.2) is 115 Å². The van der Waals surface area contributed by atoms with Gasteiger partial charge in [0.25, 0.3) is 5.91 Å². The number of ether oxygens (including phenoxy) is 1. The Bertz CT molecular complexity index is 1490. The molecule has 0 bridgehead atoms. The van der Waals surface area contributed by atoms with Crippen LogP contribution in [-0.2, 0) is 14.3 Å². The second-order valence-corrected chi connectivity index (χ2v) is 10.3. The molecule has 2 amide bonds. The molecule has 4 aromatic carbocycles. The smallest absolute Gasteiger partial charge is 0.328 e. The highest BCUT2D eigenvalue weighted by Crippen LogP contribution is 2.29. The predicted octanol–water partition coefficient (Wildman–Crippen LogP) is 4.21. The Morgan fingerprint density at radius 1 is 0.750 bits per heavy atom. The molecular formula is C35H37N5O4. The molecular weight excluding hydrogens is 554 g/mol. The fraction of sp³-hybridized carbons (Fsp3) is 0.200. The lowest BCUT2D eigenvalue weighted by atomic mass is 9.84. The van der Waals surface area contributed by atoms with E-state index in [4.69, 9.17) is 15.9 Å². The third-order valence-electron chi connectivity index (χ3n) is 7.26. The molecule has 0 heterocycles. The number of hydrogen-bond acceptors (Lipinski definition) is 5. The Morgan fingerprint density at radius 3 is 1.80 bits per heavy atom. The van der Waals surface area contributed by atoms with Crippen LogP contribution >= 0.6 is 0 Å². The number of nitrogens with two attached hydrogens (primary N) is 1. The monoisotopic (exact) mass is 591 g/mol. The van der Waals surface area contributed by atoms with Gasteiger partial charge >= 0.3 is 5.97 Å². The number of nitrogens with one attached hydrogen (secondary N) is 4. The summed E-state index contributed by atoms with van der Waals surface area (Å²) in [5, 5.41) is 15.8. The maximum absolute atomic E-state index is 14.1. The van der Waals surface area contributed by atoms with Crippen molar-refractivity contribution in [1.82, 2.24) is 16.0 Å². The number of carbonyl (C=O) groups is 3. The summed E-state index contributed by atoms with van der Waals surface area (Å²) in [6.45, 7) is 0.342. The van der Waals surface area contributed by atoms with Gasteiger partial charge in [0.15, 0.2) is 5.96 Å². The maximum atomic E-state index is 14.1. The van der Waals surface area contributed by atoms with Crippen molar-refractivity contribution in [3.05, 3.63) is 132 Å². The van der Waals surface area contributed by atoms with Crippen molar-refractivity contribution in [2.75, 3.05) is 13.7 Å². The molecule has 9 nitrogen and oxygen atoms in total. The van der Waals surface area contributed by atoms with E-state index in [9.17, 15) is 14.4 Å². The average molecular weight is 592 g/mol. The summed E-state index contributed by atoms with van der Waals surface area (Å²) in [6, 6.07) is 33.9. The zero-order valence-corrected chi connectivity index (χ0v) is 24.5. The molecule has 9 heteroatoms. The van der Waals surface area contributed by atoms with Crippen molar-refractivity contribution >= 4 is 23.7 Å².